The Morgan fingerprint density at radius 2 is 1.90 bits per heavy atom. The summed E-state index contributed by atoms with van der Waals surface area (Å²) in [5.74, 6) is 0.520. The zero-order valence-electron chi connectivity index (χ0n) is 16.3. The van der Waals surface area contributed by atoms with E-state index in [9.17, 15) is 9.59 Å². The molecule has 1 aliphatic heterocycles. The molecular weight excluding hydrogens is 427 g/mol. The van der Waals surface area contributed by atoms with Gasteiger partial charge in [-0.25, -0.2) is 0 Å². The van der Waals surface area contributed by atoms with E-state index in [0.29, 0.717) is 17.0 Å². The zero-order valence-corrected chi connectivity index (χ0v) is 18.7. The summed E-state index contributed by atoms with van der Waals surface area (Å²) in [5, 5.41) is 0.657. The number of benzene rings is 1. The van der Waals surface area contributed by atoms with Crippen molar-refractivity contribution in [1.82, 2.24) is 4.90 Å². The fourth-order valence-electron chi connectivity index (χ4n) is 4.19. The van der Waals surface area contributed by atoms with E-state index in [4.69, 9.17) is 17.3 Å². The summed E-state index contributed by atoms with van der Waals surface area (Å²) in [6.45, 7) is 2.99. The molecule has 1 amide bonds. The SMILES string of the molecule is Cl.NC(=O)c1c(CC(=O)Cc2ccc(Cl)cc2)sc2c1CCN(CC1CCC1)C2. The van der Waals surface area contributed by atoms with Gasteiger partial charge in [-0.3, -0.25) is 14.5 Å². The number of carbonyl (C=O) groups is 2. The van der Waals surface area contributed by atoms with Crippen LogP contribution in [0.25, 0.3) is 0 Å². The summed E-state index contributed by atoms with van der Waals surface area (Å²) >= 11 is 7.51. The Kier molecular flexibility index (Phi) is 7.38. The number of halogens is 2. The second-order valence-corrected chi connectivity index (χ2v) is 9.59. The van der Waals surface area contributed by atoms with Crippen molar-refractivity contribution in [2.24, 2.45) is 11.7 Å². The van der Waals surface area contributed by atoms with Crippen molar-refractivity contribution in [3.05, 3.63) is 55.7 Å². The summed E-state index contributed by atoms with van der Waals surface area (Å²) in [4.78, 5) is 29.3. The largest absolute Gasteiger partial charge is 0.366 e. The third-order valence-electron chi connectivity index (χ3n) is 5.87. The van der Waals surface area contributed by atoms with Gasteiger partial charge >= 0.3 is 0 Å². The molecule has 0 saturated heterocycles. The molecule has 2 heterocycles. The van der Waals surface area contributed by atoms with Gasteiger partial charge in [0.05, 0.1) is 5.56 Å². The second-order valence-electron chi connectivity index (χ2n) is 7.97. The van der Waals surface area contributed by atoms with Crippen molar-refractivity contribution in [1.29, 1.82) is 0 Å². The first kappa shape index (κ1) is 22.3. The third-order valence-corrected chi connectivity index (χ3v) is 7.34. The van der Waals surface area contributed by atoms with Crippen molar-refractivity contribution in [2.75, 3.05) is 13.1 Å². The molecule has 0 spiro atoms. The Labute approximate surface area is 186 Å². The Bertz CT molecular complexity index is 891. The van der Waals surface area contributed by atoms with Gasteiger partial charge in [0.2, 0.25) is 5.91 Å². The van der Waals surface area contributed by atoms with Gasteiger partial charge in [0.25, 0.3) is 0 Å². The molecule has 2 aliphatic rings. The minimum atomic E-state index is -0.403. The fourth-order valence-corrected chi connectivity index (χ4v) is 5.75. The maximum absolute atomic E-state index is 12.6. The molecule has 0 bridgehead atoms. The quantitative estimate of drug-likeness (QED) is 0.675. The molecule has 0 unspecified atom stereocenters. The topological polar surface area (TPSA) is 63.4 Å². The number of fused-ring (bicyclic) bond motifs is 1. The summed E-state index contributed by atoms with van der Waals surface area (Å²) in [6, 6.07) is 7.32. The molecule has 2 aromatic rings. The molecular formula is C22H26Cl2N2O2S. The van der Waals surface area contributed by atoms with Crippen molar-refractivity contribution < 1.29 is 9.59 Å². The molecule has 1 aliphatic carbocycles. The zero-order chi connectivity index (χ0) is 19.7. The lowest BCUT2D eigenvalue weighted by Gasteiger charge is -2.34. The van der Waals surface area contributed by atoms with Crippen LogP contribution in [0, 0.1) is 5.92 Å². The predicted octanol–water partition coefficient (Wildman–Crippen LogP) is 4.43. The monoisotopic (exact) mass is 452 g/mol. The lowest BCUT2D eigenvalue weighted by Crippen LogP contribution is -2.36. The highest BCUT2D eigenvalue weighted by molar-refractivity contribution is 7.12. The average Bonchev–Trinajstić information content (AvgIpc) is 2.97. The second kappa shape index (κ2) is 9.61. The number of amides is 1. The van der Waals surface area contributed by atoms with Crippen LogP contribution >= 0.6 is 35.3 Å². The number of rotatable bonds is 7. The molecule has 0 radical (unpaired) electrons. The van der Waals surface area contributed by atoms with Gasteiger partial charge < -0.3 is 5.73 Å². The van der Waals surface area contributed by atoms with E-state index in [2.05, 4.69) is 4.90 Å². The Hall–Kier alpha value is -1.40. The van der Waals surface area contributed by atoms with Crippen LogP contribution in [0.1, 0.15) is 50.5 Å². The van der Waals surface area contributed by atoms with Crippen molar-refractivity contribution in [3.63, 3.8) is 0 Å². The number of thiophene rings is 1. The van der Waals surface area contributed by atoms with E-state index in [-0.39, 0.29) is 24.6 Å². The number of nitrogens with two attached hydrogens (primary N) is 1. The van der Waals surface area contributed by atoms with Crippen LogP contribution in [0.15, 0.2) is 24.3 Å². The van der Waals surface area contributed by atoms with E-state index in [1.54, 1.807) is 23.5 Å². The smallest absolute Gasteiger partial charge is 0.250 e. The average molecular weight is 453 g/mol. The van der Waals surface area contributed by atoms with E-state index in [1.807, 2.05) is 12.1 Å². The van der Waals surface area contributed by atoms with Crippen LogP contribution in [-0.4, -0.2) is 29.7 Å². The molecule has 7 heteroatoms. The molecule has 4 nitrogen and oxygen atoms in total. The first-order valence-electron chi connectivity index (χ1n) is 9.91. The number of Topliss-reactive ketones (excluding diaryl/α,β-unsaturated/α-hetero) is 1. The van der Waals surface area contributed by atoms with Crippen LogP contribution < -0.4 is 5.73 Å². The fraction of sp³-hybridized carbons (Fsp3) is 0.455. The first-order valence-corrected chi connectivity index (χ1v) is 11.1. The van der Waals surface area contributed by atoms with Gasteiger partial charge in [0.1, 0.15) is 5.78 Å². The summed E-state index contributed by atoms with van der Waals surface area (Å²) in [6.07, 6.45) is 5.49. The lowest BCUT2D eigenvalue weighted by atomic mass is 9.84. The molecule has 29 heavy (non-hydrogen) atoms. The molecule has 1 aromatic heterocycles. The Morgan fingerprint density at radius 3 is 2.52 bits per heavy atom. The number of ketones is 1. The molecule has 2 N–H and O–H groups in total. The normalized spacial score (nSPS) is 16.6. The predicted molar refractivity (Wildman–Crippen MR) is 120 cm³/mol. The molecule has 4 rings (SSSR count). The number of nitrogens with zero attached hydrogens (tertiary/aromatic N) is 1. The standard InChI is InChI=1S/C22H25ClN2O2S.ClH/c23-16-6-4-14(5-7-16)10-17(26)11-19-21(22(24)27)18-8-9-25(13-20(18)28-19)12-15-2-1-3-15;/h4-7,15H,1-3,8-13H2,(H2,24,27);1H. The molecule has 156 valence electrons. The van der Waals surface area contributed by atoms with Crippen molar-refractivity contribution >= 4 is 47.0 Å². The number of hydrogen-bond donors (Lipinski definition) is 1. The van der Waals surface area contributed by atoms with Gasteiger partial charge in [0.15, 0.2) is 0 Å². The van der Waals surface area contributed by atoms with Crippen LogP contribution in [0.3, 0.4) is 0 Å². The molecule has 0 atom stereocenters. The van der Waals surface area contributed by atoms with Crippen LogP contribution in [0.4, 0.5) is 0 Å². The highest BCUT2D eigenvalue weighted by atomic mass is 35.5. The van der Waals surface area contributed by atoms with Crippen LogP contribution in [-0.2, 0) is 30.6 Å². The van der Waals surface area contributed by atoms with Crippen molar-refractivity contribution in [3.8, 4) is 0 Å². The number of hydrogen-bond acceptors (Lipinski definition) is 4. The highest BCUT2D eigenvalue weighted by Gasteiger charge is 2.29. The Balaban J connectivity index is 0.00000240. The van der Waals surface area contributed by atoms with E-state index in [0.717, 1.165) is 48.0 Å². The van der Waals surface area contributed by atoms with Gasteiger partial charge in [-0.1, -0.05) is 30.2 Å². The highest BCUT2D eigenvalue weighted by Crippen LogP contribution is 2.35. The third kappa shape index (κ3) is 5.21. The molecule has 1 aromatic carbocycles. The molecule has 1 fully saturated rings. The first-order chi connectivity index (χ1) is 13.5. The maximum Gasteiger partial charge on any atom is 0.250 e. The maximum atomic E-state index is 12.6. The van der Waals surface area contributed by atoms with Gasteiger partial charge in [0, 0.05) is 47.3 Å². The minimum absolute atomic E-state index is 0. The van der Waals surface area contributed by atoms with Gasteiger partial charge in [-0.15, -0.1) is 23.7 Å². The lowest BCUT2D eigenvalue weighted by molar-refractivity contribution is -0.117. The van der Waals surface area contributed by atoms with Crippen molar-refractivity contribution in [2.45, 2.75) is 45.1 Å². The van der Waals surface area contributed by atoms with E-state index in [1.165, 1.54) is 24.1 Å². The minimum Gasteiger partial charge on any atom is -0.366 e. The van der Waals surface area contributed by atoms with Crippen LogP contribution in [0.5, 0.6) is 0 Å². The summed E-state index contributed by atoms with van der Waals surface area (Å²) in [5.41, 5.74) is 8.32. The Morgan fingerprint density at radius 1 is 1.17 bits per heavy atom. The summed E-state index contributed by atoms with van der Waals surface area (Å²) < 4.78 is 0. The molecule has 1 saturated carbocycles. The number of carbonyl (C=O) groups excluding carboxylic acids is 2. The number of primary amides is 1. The summed E-state index contributed by atoms with van der Waals surface area (Å²) in [7, 11) is 0. The van der Waals surface area contributed by atoms with Gasteiger partial charge in [-0.05, 0) is 48.4 Å². The van der Waals surface area contributed by atoms with Gasteiger partial charge in [-0.2, -0.15) is 0 Å². The van der Waals surface area contributed by atoms with Crippen LogP contribution in [0.2, 0.25) is 5.02 Å². The van der Waals surface area contributed by atoms with E-state index >= 15 is 0 Å². The van der Waals surface area contributed by atoms with E-state index < -0.39 is 5.91 Å².